The smallest absolute Gasteiger partial charge is 0.247 e. The molecule has 1 aliphatic rings. The molecule has 1 heterocycles. The fraction of sp³-hybridized carbons (Fsp3) is 0.303. The van der Waals surface area contributed by atoms with E-state index in [4.69, 9.17) is 16.3 Å². The minimum atomic E-state index is 0.0407. The minimum absolute atomic E-state index is 0.0407. The molecule has 4 aromatic rings. The maximum Gasteiger partial charge on any atom is 0.247 e. The van der Waals surface area contributed by atoms with Gasteiger partial charge < -0.3 is 14.6 Å². The van der Waals surface area contributed by atoms with Gasteiger partial charge in [-0.2, -0.15) is 0 Å². The summed E-state index contributed by atoms with van der Waals surface area (Å²) in [6, 6.07) is 20.8. The van der Waals surface area contributed by atoms with Crippen LogP contribution in [0.15, 0.2) is 66.2 Å². The molecular weight excluding hydrogens is 492 g/mol. The normalized spacial score (nSPS) is 12.8. The molecule has 4 nitrogen and oxygen atoms in total. The Morgan fingerprint density at radius 2 is 1.71 bits per heavy atom. The predicted molar refractivity (Wildman–Crippen MR) is 157 cm³/mol. The van der Waals surface area contributed by atoms with Crippen LogP contribution in [0.3, 0.4) is 0 Å². The van der Waals surface area contributed by atoms with Gasteiger partial charge in [-0.1, -0.05) is 54.1 Å². The van der Waals surface area contributed by atoms with E-state index in [0.717, 1.165) is 52.3 Å². The zero-order valence-corrected chi connectivity index (χ0v) is 23.4. The van der Waals surface area contributed by atoms with Crippen LogP contribution in [0.2, 0.25) is 5.02 Å². The molecule has 1 aliphatic carbocycles. The summed E-state index contributed by atoms with van der Waals surface area (Å²) in [5.74, 6) is 0.880. The Morgan fingerprint density at radius 1 is 1.00 bits per heavy atom. The Labute approximate surface area is 230 Å². The predicted octanol–water partition coefficient (Wildman–Crippen LogP) is 7.28. The van der Waals surface area contributed by atoms with Crippen molar-refractivity contribution in [3.63, 3.8) is 0 Å². The van der Waals surface area contributed by atoms with Crippen molar-refractivity contribution in [1.82, 2.24) is 9.88 Å². The van der Waals surface area contributed by atoms with Crippen molar-refractivity contribution in [2.24, 2.45) is 7.05 Å². The monoisotopic (exact) mass is 526 g/mol. The van der Waals surface area contributed by atoms with Gasteiger partial charge in [0, 0.05) is 47.2 Å². The first-order chi connectivity index (χ1) is 18.3. The fourth-order valence-corrected chi connectivity index (χ4v) is 5.79. The van der Waals surface area contributed by atoms with Crippen LogP contribution in [0.1, 0.15) is 46.4 Å². The molecule has 0 saturated carbocycles. The van der Waals surface area contributed by atoms with E-state index in [9.17, 15) is 4.79 Å². The van der Waals surface area contributed by atoms with E-state index >= 15 is 0 Å². The van der Waals surface area contributed by atoms with Crippen molar-refractivity contribution < 1.29 is 9.53 Å². The number of hydrogen-bond acceptors (Lipinski definition) is 2. The molecule has 196 valence electrons. The fourth-order valence-electron chi connectivity index (χ4n) is 5.68. The average Bonchev–Trinajstić information content (AvgIpc) is 3.40. The first-order valence-corrected chi connectivity index (χ1v) is 13.7. The number of halogens is 1. The third kappa shape index (κ3) is 5.10. The number of ether oxygens (including phenoxy) is 1. The third-order valence-electron chi connectivity index (χ3n) is 7.79. The summed E-state index contributed by atoms with van der Waals surface area (Å²) in [6.45, 7) is 7.34. The van der Waals surface area contributed by atoms with Gasteiger partial charge in [0.1, 0.15) is 5.75 Å². The lowest BCUT2D eigenvalue weighted by Crippen LogP contribution is -2.28. The summed E-state index contributed by atoms with van der Waals surface area (Å²) in [7, 11) is 2.10. The van der Waals surface area contributed by atoms with Crippen molar-refractivity contribution in [2.45, 2.75) is 46.5 Å². The molecule has 5 rings (SSSR count). The van der Waals surface area contributed by atoms with Crippen LogP contribution >= 0.6 is 11.6 Å². The summed E-state index contributed by atoms with van der Waals surface area (Å²) < 4.78 is 8.28. The van der Waals surface area contributed by atoms with Crippen molar-refractivity contribution in [3.8, 4) is 5.75 Å². The zero-order chi connectivity index (χ0) is 26.8. The SMILES string of the molecule is Cc1cc(OCCCC2=C(C(=O)NCCc3c(C)n(C)c4ccccc34)Cc3ccccc32)cc(C)c1Cl. The Morgan fingerprint density at radius 3 is 2.50 bits per heavy atom. The topological polar surface area (TPSA) is 43.3 Å². The lowest BCUT2D eigenvalue weighted by Gasteiger charge is -2.12. The highest BCUT2D eigenvalue weighted by Gasteiger charge is 2.25. The van der Waals surface area contributed by atoms with E-state index < -0.39 is 0 Å². The van der Waals surface area contributed by atoms with Gasteiger partial charge in [0.2, 0.25) is 5.91 Å². The largest absolute Gasteiger partial charge is 0.494 e. The molecule has 0 fully saturated rings. The van der Waals surface area contributed by atoms with Gasteiger partial charge in [-0.15, -0.1) is 0 Å². The second kappa shape index (κ2) is 11.1. The molecule has 0 saturated heterocycles. The summed E-state index contributed by atoms with van der Waals surface area (Å²) >= 11 is 6.30. The van der Waals surface area contributed by atoms with Crippen LogP contribution in [0, 0.1) is 20.8 Å². The van der Waals surface area contributed by atoms with Gasteiger partial charge in [0.25, 0.3) is 0 Å². The van der Waals surface area contributed by atoms with Crippen LogP contribution in [0.5, 0.6) is 5.75 Å². The maximum atomic E-state index is 13.4. The van der Waals surface area contributed by atoms with Crippen LogP contribution in [0.4, 0.5) is 0 Å². The zero-order valence-electron chi connectivity index (χ0n) is 22.7. The van der Waals surface area contributed by atoms with E-state index in [1.807, 2.05) is 26.0 Å². The number of carbonyl (C=O) groups excluding carboxylic acids is 1. The molecule has 0 aliphatic heterocycles. The number of hydrogen-bond donors (Lipinski definition) is 1. The quantitative estimate of drug-likeness (QED) is 0.233. The number of nitrogens with one attached hydrogen (secondary N) is 1. The molecule has 1 aromatic heterocycles. The number of carbonyl (C=O) groups is 1. The molecule has 38 heavy (non-hydrogen) atoms. The van der Waals surface area contributed by atoms with E-state index in [2.05, 4.69) is 72.4 Å². The number of benzene rings is 3. The molecule has 0 radical (unpaired) electrons. The summed E-state index contributed by atoms with van der Waals surface area (Å²) in [4.78, 5) is 13.4. The van der Waals surface area contributed by atoms with Crippen LogP contribution in [-0.2, 0) is 24.7 Å². The minimum Gasteiger partial charge on any atom is -0.494 e. The van der Waals surface area contributed by atoms with Crippen molar-refractivity contribution in [2.75, 3.05) is 13.2 Å². The molecule has 1 N–H and O–H groups in total. The van der Waals surface area contributed by atoms with E-state index in [-0.39, 0.29) is 5.91 Å². The standard InChI is InChI=1S/C33H35ClN2O2/c1-21-18-25(19-22(2)32(21)34)38-17-9-13-28-27-11-6-5-10-24(27)20-30(28)33(37)35-16-15-26-23(3)36(4)31-14-8-7-12-29(26)31/h5-8,10-12,14,18-19H,9,13,15-17,20H2,1-4H3,(H,35,37). The van der Waals surface area contributed by atoms with Crippen molar-refractivity contribution in [3.05, 3.63) is 105 Å². The molecule has 5 heteroatoms. The highest BCUT2D eigenvalue weighted by Crippen LogP contribution is 2.36. The lowest BCUT2D eigenvalue weighted by molar-refractivity contribution is -0.117. The van der Waals surface area contributed by atoms with E-state index in [1.54, 1.807) is 0 Å². The number of amides is 1. The lowest BCUT2D eigenvalue weighted by atomic mass is 10.0. The Bertz CT molecular complexity index is 1520. The van der Waals surface area contributed by atoms with Gasteiger partial charge in [-0.05, 0) is 91.6 Å². The number of rotatable bonds is 9. The number of para-hydroxylation sites is 1. The van der Waals surface area contributed by atoms with Crippen LogP contribution < -0.4 is 10.1 Å². The van der Waals surface area contributed by atoms with Gasteiger partial charge in [0.15, 0.2) is 0 Å². The van der Waals surface area contributed by atoms with Crippen molar-refractivity contribution >= 4 is 34.0 Å². The highest BCUT2D eigenvalue weighted by molar-refractivity contribution is 6.32. The van der Waals surface area contributed by atoms with Crippen molar-refractivity contribution in [1.29, 1.82) is 0 Å². The first kappa shape index (κ1) is 26.1. The second-order valence-corrected chi connectivity index (χ2v) is 10.6. The summed E-state index contributed by atoms with van der Waals surface area (Å²) in [5.41, 5.74) is 10.3. The number of allylic oxidation sites excluding steroid dienone is 1. The second-order valence-electron chi connectivity index (χ2n) is 10.3. The third-order valence-corrected chi connectivity index (χ3v) is 8.38. The van der Waals surface area contributed by atoms with E-state index in [0.29, 0.717) is 19.6 Å². The molecule has 0 unspecified atom stereocenters. The van der Waals surface area contributed by atoms with Gasteiger partial charge >= 0.3 is 0 Å². The number of aryl methyl sites for hydroxylation is 3. The number of fused-ring (bicyclic) bond motifs is 2. The molecule has 0 atom stereocenters. The van der Waals surface area contributed by atoms with Gasteiger partial charge in [0.05, 0.1) is 6.61 Å². The maximum absolute atomic E-state index is 13.4. The Balaban J connectivity index is 1.25. The number of aromatic nitrogens is 1. The molecule has 3 aromatic carbocycles. The molecule has 0 bridgehead atoms. The first-order valence-electron chi connectivity index (χ1n) is 13.4. The van der Waals surface area contributed by atoms with E-state index in [1.165, 1.54) is 33.3 Å². The summed E-state index contributed by atoms with van der Waals surface area (Å²) in [6.07, 6.45) is 3.12. The van der Waals surface area contributed by atoms with Crippen LogP contribution in [0.25, 0.3) is 16.5 Å². The molecule has 1 amide bonds. The number of nitrogens with zero attached hydrogens (tertiary/aromatic N) is 1. The summed E-state index contributed by atoms with van der Waals surface area (Å²) in [5, 5.41) is 5.28. The van der Waals surface area contributed by atoms with Gasteiger partial charge in [-0.3, -0.25) is 4.79 Å². The Hall–Kier alpha value is -3.50. The molecular formula is C33H35ClN2O2. The molecule has 0 spiro atoms. The van der Waals surface area contributed by atoms with Crippen LogP contribution in [-0.4, -0.2) is 23.6 Å². The average molecular weight is 527 g/mol. The Kier molecular flexibility index (Phi) is 7.62. The highest BCUT2D eigenvalue weighted by atomic mass is 35.5. The van der Waals surface area contributed by atoms with Gasteiger partial charge in [-0.25, -0.2) is 0 Å².